The van der Waals surface area contributed by atoms with Crippen LogP contribution in [-0.2, 0) is 22.4 Å². The van der Waals surface area contributed by atoms with Gasteiger partial charge in [0.15, 0.2) is 0 Å². The third kappa shape index (κ3) is 4.87. The predicted octanol–water partition coefficient (Wildman–Crippen LogP) is 2.03. The molecule has 0 radical (unpaired) electrons. The lowest BCUT2D eigenvalue weighted by Gasteiger charge is -2.16. The maximum Gasteiger partial charge on any atom is 0.240 e. The molecule has 2 aromatic carbocycles. The van der Waals surface area contributed by atoms with Crippen LogP contribution in [0.15, 0.2) is 42.5 Å². The molecule has 126 valence electrons. The summed E-state index contributed by atoms with van der Waals surface area (Å²) in [6, 6.07) is 9.55. The van der Waals surface area contributed by atoms with Gasteiger partial charge in [0.05, 0.1) is 6.42 Å². The zero-order chi connectivity index (χ0) is 17.7. The van der Waals surface area contributed by atoms with Crippen molar-refractivity contribution in [1.29, 1.82) is 0 Å². The first kappa shape index (κ1) is 17.6. The molecule has 24 heavy (non-hydrogen) atoms. The van der Waals surface area contributed by atoms with Gasteiger partial charge in [-0.25, -0.2) is 8.78 Å². The topological polar surface area (TPSA) is 72.2 Å². The van der Waals surface area contributed by atoms with Gasteiger partial charge in [0, 0.05) is 12.5 Å². The van der Waals surface area contributed by atoms with E-state index in [2.05, 4.69) is 5.32 Å². The molecule has 0 aliphatic carbocycles. The fourth-order valence-electron chi connectivity index (χ4n) is 2.27. The molecule has 0 bridgehead atoms. The standard InChI is InChI=1S/C18H18F2N2O2/c1-11-2-4-12(5-3-11)8-16(18(21)24)22-17(23)9-13-6-7-14(19)10-15(13)20/h2-7,10,16H,8-9H2,1H3,(H2,21,24)(H,22,23)/t16-/m0/s1. The van der Waals surface area contributed by atoms with Crippen LogP contribution in [-0.4, -0.2) is 17.9 Å². The smallest absolute Gasteiger partial charge is 0.240 e. The average molecular weight is 332 g/mol. The molecule has 0 unspecified atom stereocenters. The number of carbonyl (C=O) groups excluding carboxylic acids is 2. The van der Waals surface area contributed by atoms with Gasteiger partial charge in [-0.05, 0) is 24.1 Å². The van der Waals surface area contributed by atoms with Crippen molar-refractivity contribution in [2.45, 2.75) is 25.8 Å². The molecular weight excluding hydrogens is 314 g/mol. The quantitative estimate of drug-likeness (QED) is 0.849. The maximum atomic E-state index is 13.6. The van der Waals surface area contributed by atoms with Crippen molar-refractivity contribution < 1.29 is 18.4 Å². The number of aryl methyl sites for hydroxylation is 1. The van der Waals surface area contributed by atoms with Crippen LogP contribution in [0, 0.1) is 18.6 Å². The monoisotopic (exact) mass is 332 g/mol. The zero-order valence-corrected chi connectivity index (χ0v) is 13.2. The molecule has 1 atom stereocenters. The molecule has 2 aromatic rings. The summed E-state index contributed by atoms with van der Waals surface area (Å²) in [5.74, 6) is -2.76. The first-order valence-corrected chi connectivity index (χ1v) is 7.43. The fourth-order valence-corrected chi connectivity index (χ4v) is 2.27. The third-order valence-corrected chi connectivity index (χ3v) is 3.61. The second-order valence-electron chi connectivity index (χ2n) is 5.62. The Balaban J connectivity index is 2.02. The third-order valence-electron chi connectivity index (χ3n) is 3.61. The number of nitrogens with one attached hydrogen (secondary N) is 1. The highest BCUT2D eigenvalue weighted by atomic mass is 19.1. The van der Waals surface area contributed by atoms with Crippen molar-refractivity contribution in [2.24, 2.45) is 5.73 Å². The number of hydrogen-bond acceptors (Lipinski definition) is 2. The van der Waals surface area contributed by atoms with Crippen LogP contribution in [0.1, 0.15) is 16.7 Å². The highest BCUT2D eigenvalue weighted by Crippen LogP contribution is 2.11. The average Bonchev–Trinajstić information content (AvgIpc) is 2.51. The van der Waals surface area contributed by atoms with Gasteiger partial charge in [-0.1, -0.05) is 35.9 Å². The van der Waals surface area contributed by atoms with E-state index in [9.17, 15) is 18.4 Å². The van der Waals surface area contributed by atoms with Gasteiger partial charge in [-0.2, -0.15) is 0 Å². The summed E-state index contributed by atoms with van der Waals surface area (Å²) in [7, 11) is 0. The summed E-state index contributed by atoms with van der Waals surface area (Å²) in [6.45, 7) is 1.94. The molecule has 2 amide bonds. The lowest BCUT2D eigenvalue weighted by molar-refractivity contribution is -0.127. The number of halogens is 2. The van der Waals surface area contributed by atoms with E-state index in [-0.39, 0.29) is 18.4 Å². The molecule has 0 fully saturated rings. The molecule has 0 aromatic heterocycles. The van der Waals surface area contributed by atoms with Gasteiger partial charge in [0.25, 0.3) is 0 Å². The summed E-state index contributed by atoms with van der Waals surface area (Å²) < 4.78 is 26.4. The van der Waals surface area contributed by atoms with Crippen molar-refractivity contribution in [3.05, 3.63) is 70.8 Å². The molecule has 0 saturated carbocycles. The molecule has 0 heterocycles. The van der Waals surface area contributed by atoms with Gasteiger partial charge in [0.1, 0.15) is 17.7 Å². The van der Waals surface area contributed by atoms with E-state index < -0.39 is 29.5 Å². The highest BCUT2D eigenvalue weighted by molar-refractivity contribution is 5.87. The van der Waals surface area contributed by atoms with Crippen molar-refractivity contribution >= 4 is 11.8 Å². The van der Waals surface area contributed by atoms with Gasteiger partial charge >= 0.3 is 0 Å². The van der Waals surface area contributed by atoms with E-state index in [1.165, 1.54) is 6.07 Å². The molecule has 3 N–H and O–H groups in total. The number of benzene rings is 2. The maximum absolute atomic E-state index is 13.6. The SMILES string of the molecule is Cc1ccc(C[C@H](NC(=O)Cc2ccc(F)cc2F)C(N)=O)cc1. The van der Waals surface area contributed by atoms with E-state index in [0.29, 0.717) is 6.07 Å². The number of carbonyl (C=O) groups is 2. The van der Waals surface area contributed by atoms with Gasteiger partial charge in [0.2, 0.25) is 11.8 Å². The molecule has 6 heteroatoms. The first-order valence-electron chi connectivity index (χ1n) is 7.43. The summed E-state index contributed by atoms with van der Waals surface area (Å²) >= 11 is 0. The summed E-state index contributed by atoms with van der Waals surface area (Å²) in [5.41, 5.74) is 7.30. The van der Waals surface area contributed by atoms with Gasteiger partial charge in [-0.3, -0.25) is 9.59 Å². The Morgan fingerprint density at radius 3 is 2.38 bits per heavy atom. The lowest BCUT2D eigenvalue weighted by atomic mass is 10.0. The Hall–Kier alpha value is -2.76. The van der Waals surface area contributed by atoms with E-state index >= 15 is 0 Å². The van der Waals surface area contributed by atoms with E-state index in [0.717, 1.165) is 17.2 Å². The van der Waals surface area contributed by atoms with Gasteiger partial charge in [-0.15, -0.1) is 0 Å². The minimum Gasteiger partial charge on any atom is -0.368 e. The Kier molecular flexibility index (Phi) is 5.63. The molecular formula is C18H18F2N2O2. The number of hydrogen-bond donors (Lipinski definition) is 2. The Morgan fingerprint density at radius 1 is 1.12 bits per heavy atom. The highest BCUT2D eigenvalue weighted by Gasteiger charge is 2.19. The van der Waals surface area contributed by atoms with Crippen LogP contribution in [0.4, 0.5) is 8.78 Å². The summed E-state index contributed by atoms with van der Waals surface area (Å²) in [4.78, 5) is 23.6. The van der Waals surface area contributed by atoms with E-state index in [4.69, 9.17) is 5.73 Å². The minimum absolute atomic E-state index is 0.0486. The van der Waals surface area contributed by atoms with Crippen molar-refractivity contribution in [1.82, 2.24) is 5.32 Å². The minimum atomic E-state index is -0.899. The molecule has 0 saturated heterocycles. The van der Waals surface area contributed by atoms with E-state index in [1.807, 2.05) is 31.2 Å². The Morgan fingerprint density at radius 2 is 1.79 bits per heavy atom. The van der Waals surface area contributed by atoms with Crippen LogP contribution in [0.2, 0.25) is 0 Å². The largest absolute Gasteiger partial charge is 0.368 e. The molecule has 2 rings (SSSR count). The van der Waals surface area contributed by atoms with Crippen LogP contribution in [0.25, 0.3) is 0 Å². The molecule has 0 aliphatic heterocycles. The van der Waals surface area contributed by atoms with Crippen LogP contribution in [0.5, 0.6) is 0 Å². The molecule has 0 spiro atoms. The first-order chi connectivity index (χ1) is 11.3. The predicted molar refractivity (Wildman–Crippen MR) is 86.1 cm³/mol. The van der Waals surface area contributed by atoms with Crippen LogP contribution < -0.4 is 11.1 Å². The number of amides is 2. The Bertz CT molecular complexity index is 745. The second-order valence-corrected chi connectivity index (χ2v) is 5.62. The zero-order valence-electron chi connectivity index (χ0n) is 13.2. The van der Waals surface area contributed by atoms with Crippen molar-refractivity contribution in [3.8, 4) is 0 Å². The second kappa shape index (κ2) is 7.68. The van der Waals surface area contributed by atoms with E-state index in [1.54, 1.807) is 0 Å². The number of primary amides is 1. The van der Waals surface area contributed by atoms with Gasteiger partial charge < -0.3 is 11.1 Å². The number of nitrogens with two attached hydrogens (primary N) is 1. The summed E-state index contributed by atoms with van der Waals surface area (Å²) in [6.07, 6.45) is -0.0585. The van der Waals surface area contributed by atoms with Crippen molar-refractivity contribution in [3.63, 3.8) is 0 Å². The molecule has 4 nitrogen and oxygen atoms in total. The normalized spacial score (nSPS) is 11.8. The van der Waals surface area contributed by atoms with Crippen molar-refractivity contribution in [2.75, 3.05) is 0 Å². The fraction of sp³-hybridized carbons (Fsp3) is 0.222. The summed E-state index contributed by atoms with van der Waals surface area (Å²) in [5, 5.41) is 2.50. The van der Waals surface area contributed by atoms with Crippen LogP contribution >= 0.6 is 0 Å². The lowest BCUT2D eigenvalue weighted by Crippen LogP contribution is -2.46. The number of rotatable bonds is 6. The Labute approximate surface area is 138 Å². The van der Waals surface area contributed by atoms with Crippen LogP contribution in [0.3, 0.4) is 0 Å². The molecule has 0 aliphatic rings.